The van der Waals surface area contributed by atoms with Crippen molar-refractivity contribution in [3.8, 4) is 11.4 Å². The third kappa shape index (κ3) is 3.03. The summed E-state index contributed by atoms with van der Waals surface area (Å²) in [6, 6.07) is 11.6. The molecule has 3 heterocycles. The minimum absolute atomic E-state index is 0.0283. The first kappa shape index (κ1) is 15.5. The number of benzene rings is 1. The number of H-pyrrole nitrogens is 1. The van der Waals surface area contributed by atoms with Gasteiger partial charge in [0.05, 0.1) is 11.6 Å². The molecule has 0 saturated carbocycles. The van der Waals surface area contributed by atoms with Gasteiger partial charge in [0.2, 0.25) is 0 Å². The van der Waals surface area contributed by atoms with Gasteiger partial charge in [-0.05, 0) is 37.0 Å². The number of piperidine rings is 1. The monoisotopic (exact) mass is 333 g/mol. The van der Waals surface area contributed by atoms with Crippen LogP contribution in [0.3, 0.4) is 0 Å². The lowest BCUT2D eigenvalue weighted by atomic mass is 9.94. The third-order valence-electron chi connectivity index (χ3n) is 4.66. The summed E-state index contributed by atoms with van der Waals surface area (Å²) >= 11 is 0. The Labute approximate surface area is 145 Å². The van der Waals surface area contributed by atoms with Crippen molar-refractivity contribution in [1.82, 2.24) is 25.1 Å². The molecule has 0 aliphatic carbocycles. The van der Waals surface area contributed by atoms with Crippen LogP contribution in [0, 0.1) is 0 Å². The van der Waals surface area contributed by atoms with Gasteiger partial charge in [-0.3, -0.25) is 14.9 Å². The van der Waals surface area contributed by atoms with Crippen molar-refractivity contribution in [2.24, 2.45) is 0 Å². The summed E-state index contributed by atoms with van der Waals surface area (Å²) in [6.45, 7) is 0.753. The van der Waals surface area contributed by atoms with E-state index < -0.39 is 0 Å². The fourth-order valence-corrected chi connectivity index (χ4v) is 3.46. The fourth-order valence-electron chi connectivity index (χ4n) is 3.46. The summed E-state index contributed by atoms with van der Waals surface area (Å²) in [7, 11) is 0. The molecular weight excluding hydrogens is 314 g/mol. The molecule has 4 rings (SSSR count). The number of carbonyl (C=O) groups is 1. The Balaban J connectivity index is 1.70. The Morgan fingerprint density at radius 1 is 1.16 bits per heavy atom. The molecule has 1 atom stereocenters. The predicted molar refractivity (Wildman–Crippen MR) is 93.7 cm³/mol. The first-order chi connectivity index (χ1) is 12.3. The van der Waals surface area contributed by atoms with E-state index in [9.17, 15) is 4.79 Å². The van der Waals surface area contributed by atoms with Gasteiger partial charge in [0, 0.05) is 24.5 Å². The standard InChI is InChI=1S/C19H19N5O/c25-19(16-8-2-1-7-15(16)18-21-13-22-23-18)24-11-4-3-9-17(24)14-6-5-10-20-12-14/h1-2,5-8,10,12-13,17H,3-4,9,11H2,(H,21,22,23). The highest BCUT2D eigenvalue weighted by Crippen LogP contribution is 2.33. The summed E-state index contributed by atoms with van der Waals surface area (Å²) in [5.41, 5.74) is 2.52. The highest BCUT2D eigenvalue weighted by Gasteiger charge is 2.30. The second kappa shape index (κ2) is 6.84. The van der Waals surface area contributed by atoms with Gasteiger partial charge in [0.1, 0.15) is 6.33 Å². The van der Waals surface area contributed by atoms with Crippen molar-refractivity contribution in [3.63, 3.8) is 0 Å². The Hall–Kier alpha value is -3.02. The van der Waals surface area contributed by atoms with Crippen LogP contribution in [0.25, 0.3) is 11.4 Å². The van der Waals surface area contributed by atoms with E-state index in [1.165, 1.54) is 6.33 Å². The highest BCUT2D eigenvalue weighted by molar-refractivity contribution is 6.00. The minimum Gasteiger partial charge on any atom is -0.332 e. The number of carbonyl (C=O) groups excluding carboxylic acids is 1. The maximum atomic E-state index is 13.3. The number of amides is 1. The molecule has 1 saturated heterocycles. The summed E-state index contributed by atoms with van der Waals surface area (Å²) < 4.78 is 0. The van der Waals surface area contributed by atoms with Gasteiger partial charge in [-0.25, -0.2) is 4.98 Å². The number of rotatable bonds is 3. The molecule has 1 amide bonds. The van der Waals surface area contributed by atoms with Gasteiger partial charge < -0.3 is 4.90 Å². The van der Waals surface area contributed by atoms with Crippen LogP contribution in [0.5, 0.6) is 0 Å². The van der Waals surface area contributed by atoms with E-state index >= 15 is 0 Å². The summed E-state index contributed by atoms with van der Waals surface area (Å²) in [6.07, 6.45) is 8.17. The molecule has 1 aromatic carbocycles. The largest absolute Gasteiger partial charge is 0.332 e. The van der Waals surface area contributed by atoms with Crippen LogP contribution in [0.1, 0.15) is 41.2 Å². The molecule has 3 aromatic rings. The number of pyridine rings is 1. The zero-order valence-corrected chi connectivity index (χ0v) is 13.8. The van der Waals surface area contributed by atoms with Crippen LogP contribution in [0.2, 0.25) is 0 Å². The SMILES string of the molecule is O=C(c1ccccc1-c1ncn[nH]1)N1CCCCC1c1cccnc1. The van der Waals surface area contributed by atoms with Crippen molar-refractivity contribution in [2.75, 3.05) is 6.54 Å². The lowest BCUT2D eigenvalue weighted by Crippen LogP contribution is -2.38. The molecule has 1 unspecified atom stereocenters. The number of hydrogen-bond acceptors (Lipinski definition) is 4. The number of hydrogen-bond donors (Lipinski definition) is 1. The van der Waals surface area contributed by atoms with Gasteiger partial charge in [-0.15, -0.1) is 0 Å². The van der Waals surface area contributed by atoms with Gasteiger partial charge in [-0.1, -0.05) is 24.3 Å². The molecule has 6 heteroatoms. The molecule has 1 fully saturated rings. The molecule has 1 aliphatic heterocycles. The smallest absolute Gasteiger partial charge is 0.255 e. The molecule has 0 spiro atoms. The lowest BCUT2D eigenvalue weighted by Gasteiger charge is -2.36. The van der Waals surface area contributed by atoms with Crippen LogP contribution in [0.15, 0.2) is 55.1 Å². The Kier molecular flexibility index (Phi) is 4.24. The quantitative estimate of drug-likeness (QED) is 0.798. The maximum Gasteiger partial charge on any atom is 0.255 e. The van der Waals surface area contributed by atoms with Gasteiger partial charge in [0.15, 0.2) is 5.82 Å². The highest BCUT2D eigenvalue weighted by atomic mass is 16.2. The van der Waals surface area contributed by atoms with Gasteiger partial charge in [0.25, 0.3) is 5.91 Å². The molecule has 0 radical (unpaired) electrons. The predicted octanol–water partition coefficient (Wildman–Crippen LogP) is 3.23. The average Bonchev–Trinajstić information content (AvgIpc) is 3.23. The summed E-state index contributed by atoms with van der Waals surface area (Å²) in [5.74, 6) is 0.638. The normalized spacial score (nSPS) is 17.4. The number of nitrogens with one attached hydrogen (secondary N) is 1. The third-order valence-corrected chi connectivity index (χ3v) is 4.66. The number of likely N-dealkylation sites (tertiary alicyclic amines) is 1. The Bertz CT molecular complexity index is 847. The van der Waals surface area contributed by atoms with E-state index in [1.807, 2.05) is 47.5 Å². The first-order valence-corrected chi connectivity index (χ1v) is 8.50. The van der Waals surface area contributed by atoms with E-state index in [2.05, 4.69) is 20.2 Å². The molecule has 0 bridgehead atoms. The molecule has 1 N–H and O–H groups in total. The molecule has 6 nitrogen and oxygen atoms in total. The summed E-state index contributed by atoms with van der Waals surface area (Å²) in [4.78, 5) is 23.7. The van der Waals surface area contributed by atoms with E-state index in [4.69, 9.17) is 0 Å². The zero-order valence-electron chi connectivity index (χ0n) is 13.8. The molecule has 25 heavy (non-hydrogen) atoms. The molecule has 1 aliphatic rings. The fraction of sp³-hybridized carbons (Fsp3) is 0.263. The van der Waals surface area contributed by atoms with E-state index in [-0.39, 0.29) is 11.9 Å². The van der Waals surface area contributed by atoms with Gasteiger partial charge in [-0.2, -0.15) is 5.10 Å². The van der Waals surface area contributed by atoms with Crippen molar-refractivity contribution in [2.45, 2.75) is 25.3 Å². The zero-order chi connectivity index (χ0) is 17.1. The van der Waals surface area contributed by atoms with E-state index in [1.54, 1.807) is 6.20 Å². The van der Waals surface area contributed by atoms with Crippen molar-refractivity contribution in [1.29, 1.82) is 0 Å². The van der Waals surface area contributed by atoms with Crippen LogP contribution in [-0.2, 0) is 0 Å². The van der Waals surface area contributed by atoms with Crippen molar-refractivity contribution >= 4 is 5.91 Å². The second-order valence-electron chi connectivity index (χ2n) is 6.18. The number of aromatic nitrogens is 4. The van der Waals surface area contributed by atoms with Crippen LogP contribution >= 0.6 is 0 Å². The number of aromatic amines is 1. The van der Waals surface area contributed by atoms with E-state index in [0.29, 0.717) is 11.4 Å². The number of nitrogens with zero attached hydrogens (tertiary/aromatic N) is 4. The Morgan fingerprint density at radius 2 is 2.08 bits per heavy atom. The maximum absolute atomic E-state index is 13.3. The van der Waals surface area contributed by atoms with Gasteiger partial charge >= 0.3 is 0 Å². The lowest BCUT2D eigenvalue weighted by molar-refractivity contribution is 0.0612. The second-order valence-corrected chi connectivity index (χ2v) is 6.18. The van der Waals surface area contributed by atoms with Crippen molar-refractivity contribution < 1.29 is 4.79 Å². The van der Waals surface area contributed by atoms with Crippen LogP contribution in [0.4, 0.5) is 0 Å². The first-order valence-electron chi connectivity index (χ1n) is 8.50. The summed E-state index contributed by atoms with van der Waals surface area (Å²) in [5, 5.41) is 6.76. The topological polar surface area (TPSA) is 74.8 Å². The Morgan fingerprint density at radius 3 is 2.88 bits per heavy atom. The average molecular weight is 333 g/mol. The van der Waals surface area contributed by atoms with Crippen LogP contribution in [-0.4, -0.2) is 37.5 Å². The van der Waals surface area contributed by atoms with E-state index in [0.717, 1.165) is 36.9 Å². The molecular formula is C19H19N5O. The molecule has 126 valence electrons. The molecule has 2 aromatic heterocycles. The van der Waals surface area contributed by atoms with Crippen molar-refractivity contribution in [3.05, 3.63) is 66.2 Å². The van der Waals surface area contributed by atoms with Crippen LogP contribution < -0.4 is 0 Å². The minimum atomic E-state index is 0.0283.